The van der Waals surface area contributed by atoms with Gasteiger partial charge >= 0.3 is 0 Å². The van der Waals surface area contributed by atoms with Crippen molar-refractivity contribution < 1.29 is 18.0 Å². The highest BCUT2D eigenvalue weighted by atomic mass is 32.2. The summed E-state index contributed by atoms with van der Waals surface area (Å²) < 4.78 is 25.9. The molecule has 0 aliphatic carbocycles. The fourth-order valence-corrected chi connectivity index (χ4v) is 5.26. The lowest BCUT2D eigenvalue weighted by atomic mass is 10.2. The number of carbonyl (C=O) groups excluding carboxylic acids is 2. The highest BCUT2D eigenvalue weighted by Gasteiger charge is 2.29. The van der Waals surface area contributed by atoms with Gasteiger partial charge in [-0.05, 0) is 61.6 Å². The minimum atomic E-state index is -3.67. The average Bonchev–Trinajstić information content (AvgIpc) is 3.11. The average molecular weight is 433 g/mol. The number of carbonyl (C=O) groups is 2. The summed E-state index contributed by atoms with van der Waals surface area (Å²) in [4.78, 5) is 26.9. The lowest BCUT2D eigenvalue weighted by molar-refractivity contribution is -0.117. The van der Waals surface area contributed by atoms with Gasteiger partial charge in [0.1, 0.15) is 0 Å². The molecule has 1 heterocycles. The summed E-state index contributed by atoms with van der Waals surface area (Å²) in [6.07, 6.45) is 2.43. The van der Waals surface area contributed by atoms with Crippen LogP contribution in [0, 0.1) is 0 Å². The van der Waals surface area contributed by atoms with Crippen LogP contribution in [-0.2, 0) is 25.8 Å². The lowest BCUT2D eigenvalue weighted by Crippen LogP contribution is -2.26. The van der Waals surface area contributed by atoms with Crippen LogP contribution in [0.5, 0.6) is 0 Å². The van der Waals surface area contributed by atoms with E-state index in [1.807, 2.05) is 24.5 Å². The Hall–Kier alpha value is -2.32. The maximum absolute atomic E-state index is 13.0. The highest BCUT2D eigenvalue weighted by molar-refractivity contribution is 7.98. The number of anilines is 2. The monoisotopic (exact) mass is 432 g/mol. The number of benzene rings is 2. The van der Waals surface area contributed by atoms with Gasteiger partial charge in [-0.1, -0.05) is 6.07 Å². The van der Waals surface area contributed by atoms with E-state index >= 15 is 0 Å². The van der Waals surface area contributed by atoms with E-state index in [0.717, 1.165) is 16.1 Å². The largest absolute Gasteiger partial charge is 0.326 e. The smallest absolute Gasteiger partial charge is 0.225 e. The van der Waals surface area contributed by atoms with Crippen LogP contribution in [0.3, 0.4) is 0 Å². The molecule has 3 rings (SSSR count). The van der Waals surface area contributed by atoms with Gasteiger partial charge in [0.05, 0.1) is 10.1 Å². The molecule has 0 fully saturated rings. The molecule has 29 heavy (non-hydrogen) atoms. The number of hydrogen-bond donors (Lipinski definition) is 1. The Morgan fingerprint density at radius 2 is 1.97 bits per heavy atom. The second kappa shape index (κ2) is 8.59. The van der Waals surface area contributed by atoms with Crippen molar-refractivity contribution in [3.63, 3.8) is 0 Å². The van der Waals surface area contributed by atoms with Gasteiger partial charge < -0.3 is 10.2 Å². The molecule has 0 aromatic heterocycles. The molecule has 0 spiro atoms. The van der Waals surface area contributed by atoms with Crippen LogP contribution in [0.2, 0.25) is 0 Å². The van der Waals surface area contributed by atoms with Gasteiger partial charge in [-0.2, -0.15) is 0 Å². The van der Waals surface area contributed by atoms with E-state index in [1.165, 1.54) is 13.0 Å². The van der Waals surface area contributed by atoms with Crippen LogP contribution in [0.15, 0.2) is 52.3 Å². The molecule has 6 nitrogen and oxygen atoms in total. The molecule has 1 N–H and O–H groups in total. The Bertz CT molecular complexity index is 1050. The summed E-state index contributed by atoms with van der Waals surface area (Å²) in [6, 6.07) is 12.2. The molecular formula is C21H24N2O4S2. The van der Waals surface area contributed by atoms with E-state index in [0.29, 0.717) is 18.7 Å². The van der Waals surface area contributed by atoms with Crippen molar-refractivity contribution in [2.24, 2.45) is 0 Å². The zero-order valence-corrected chi connectivity index (χ0v) is 18.3. The standard InChI is InChI=1S/C21H24N2O4S2/c1-14(11-21(25)22-17-5-4-6-18(13-17)28-3)29(26,27)19-7-8-20-16(12-19)9-10-23(20)15(2)24/h4-8,12-14H,9-11H2,1-3H3,(H,22,25)/t14-/m0/s1. The molecule has 8 heteroatoms. The zero-order chi connectivity index (χ0) is 21.2. The van der Waals surface area contributed by atoms with Crippen LogP contribution in [0.4, 0.5) is 11.4 Å². The minimum absolute atomic E-state index is 0.0602. The summed E-state index contributed by atoms with van der Waals surface area (Å²) in [5.74, 6) is -0.404. The Balaban J connectivity index is 1.72. The molecule has 2 aromatic rings. The number of nitrogens with one attached hydrogen (secondary N) is 1. The number of rotatable bonds is 6. The lowest BCUT2D eigenvalue weighted by Gasteiger charge is -2.16. The zero-order valence-electron chi connectivity index (χ0n) is 16.6. The topological polar surface area (TPSA) is 83.6 Å². The quantitative estimate of drug-likeness (QED) is 0.706. The number of thioether (sulfide) groups is 1. The van der Waals surface area contributed by atoms with Gasteiger partial charge in [-0.15, -0.1) is 11.8 Å². The normalized spacial score (nSPS) is 14.4. The SMILES string of the molecule is CSc1cccc(NC(=O)C[C@H](C)S(=O)(=O)c2ccc3c(c2)CCN3C(C)=O)c1. The third kappa shape index (κ3) is 4.64. The molecule has 0 radical (unpaired) electrons. The van der Waals surface area contributed by atoms with Gasteiger partial charge in [0, 0.05) is 36.2 Å². The Morgan fingerprint density at radius 3 is 2.66 bits per heavy atom. The van der Waals surface area contributed by atoms with Gasteiger partial charge in [0.2, 0.25) is 11.8 Å². The van der Waals surface area contributed by atoms with Gasteiger partial charge in [-0.25, -0.2) is 8.42 Å². The summed E-state index contributed by atoms with van der Waals surface area (Å²) in [7, 11) is -3.67. The first-order valence-electron chi connectivity index (χ1n) is 9.31. The highest BCUT2D eigenvalue weighted by Crippen LogP contribution is 2.31. The van der Waals surface area contributed by atoms with E-state index < -0.39 is 15.1 Å². The number of fused-ring (bicyclic) bond motifs is 1. The van der Waals surface area contributed by atoms with E-state index in [-0.39, 0.29) is 23.1 Å². The van der Waals surface area contributed by atoms with E-state index in [2.05, 4.69) is 5.32 Å². The number of hydrogen-bond acceptors (Lipinski definition) is 5. The van der Waals surface area contributed by atoms with Crippen LogP contribution in [0.1, 0.15) is 25.8 Å². The number of nitrogens with zero attached hydrogens (tertiary/aromatic N) is 1. The van der Waals surface area contributed by atoms with Crippen LogP contribution >= 0.6 is 11.8 Å². The van der Waals surface area contributed by atoms with Gasteiger partial charge in [-0.3, -0.25) is 9.59 Å². The molecule has 0 saturated heterocycles. The molecular weight excluding hydrogens is 408 g/mol. The van der Waals surface area contributed by atoms with Crippen molar-refractivity contribution in [3.8, 4) is 0 Å². The number of sulfone groups is 1. The molecule has 1 atom stereocenters. The summed E-state index contributed by atoms with van der Waals surface area (Å²) >= 11 is 1.57. The molecule has 2 amide bonds. The van der Waals surface area contributed by atoms with Crippen LogP contribution in [-0.4, -0.2) is 38.3 Å². The summed E-state index contributed by atoms with van der Waals surface area (Å²) in [5.41, 5.74) is 2.25. The van der Waals surface area contributed by atoms with Gasteiger partial charge in [0.15, 0.2) is 9.84 Å². The number of amides is 2. The fraction of sp³-hybridized carbons (Fsp3) is 0.333. The molecule has 154 valence electrons. The Labute approximate surface area is 175 Å². The van der Waals surface area contributed by atoms with Crippen molar-refractivity contribution in [2.45, 2.75) is 41.7 Å². The van der Waals surface area contributed by atoms with E-state index in [1.54, 1.807) is 41.8 Å². The molecule has 2 aromatic carbocycles. The first kappa shape index (κ1) is 21.4. The van der Waals surface area contributed by atoms with Crippen molar-refractivity contribution >= 4 is 44.8 Å². The van der Waals surface area contributed by atoms with Crippen molar-refractivity contribution in [2.75, 3.05) is 23.0 Å². The van der Waals surface area contributed by atoms with Crippen molar-refractivity contribution in [3.05, 3.63) is 48.0 Å². The molecule has 0 unspecified atom stereocenters. The maximum Gasteiger partial charge on any atom is 0.225 e. The van der Waals surface area contributed by atoms with Gasteiger partial charge in [0.25, 0.3) is 0 Å². The second-order valence-corrected chi connectivity index (χ2v) is 10.3. The fourth-order valence-electron chi connectivity index (χ4n) is 3.40. The third-order valence-corrected chi connectivity index (χ3v) is 7.87. The molecule has 1 aliphatic rings. The van der Waals surface area contributed by atoms with E-state index in [4.69, 9.17) is 0 Å². The summed E-state index contributed by atoms with van der Waals surface area (Å²) in [6.45, 7) is 3.60. The predicted molar refractivity (Wildman–Crippen MR) is 116 cm³/mol. The first-order chi connectivity index (χ1) is 13.7. The minimum Gasteiger partial charge on any atom is -0.326 e. The van der Waals surface area contributed by atoms with Crippen LogP contribution < -0.4 is 10.2 Å². The Kier molecular flexibility index (Phi) is 6.33. The molecule has 0 saturated carbocycles. The van der Waals surface area contributed by atoms with Crippen LogP contribution in [0.25, 0.3) is 0 Å². The molecule has 0 bridgehead atoms. The maximum atomic E-state index is 13.0. The third-order valence-electron chi connectivity index (χ3n) is 5.01. The summed E-state index contributed by atoms with van der Waals surface area (Å²) in [5, 5.41) is 1.90. The molecule has 1 aliphatic heterocycles. The van der Waals surface area contributed by atoms with Crippen molar-refractivity contribution in [1.82, 2.24) is 0 Å². The predicted octanol–water partition coefficient (Wildman–Crippen LogP) is 3.51. The Morgan fingerprint density at radius 1 is 1.21 bits per heavy atom. The van der Waals surface area contributed by atoms with E-state index in [9.17, 15) is 18.0 Å². The van der Waals surface area contributed by atoms with Crippen molar-refractivity contribution in [1.29, 1.82) is 0 Å². The second-order valence-electron chi connectivity index (χ2n) is 7.05. The first-order valence-corrected chi connectivity index (χ1v) is 12.1.